The molecule has 5 heterocycles. The van der Waals surface area contributed by atoms with Crippen LogP contribution in [0.2, 0.25) is 0 Å². The van der Waals surface area contributed by atoms with E-state index in [9.17, 15) is 4.39 Å². The minimum Gasteiger partial charge on any atom is -0.384 e. The van der Waals surface area contributed by atoms with Crippen LogP contribution in [0.4, 0.5) is 10.1 Å². The molecule has 0 saturated carbocycles. The number of benzene rings is 1. The number of hydrogen-bond donors (Lipinski definition) is 3. The average Bonchev–Trinajstić information content (AvgIpc) is 3.52. The number of likely N-dealkylation sites (N-methyl/N-ethyl adjacent to an activating group) is 1. The van der Waals surface area contributed by atoms with Crippen LogP contribution in [-0.4, -0.2) is 62.2 Å². The quantitative estimate of drug-likeness (QED) is 0.278. The number of anilines is 1. The maximum absolute atomic E-state index is 14.6. The van der Waals surface area contributed by atoms with E-state index in [1.807, 2.05) is 50.5 Å². The van der Waals surface area contributed by atoms with Crippen molar-refractivity contribution in [3.05, 3.63) is 79.1 Å². The van der Waals surface area contributed by atoms with Gasteiger partial charge in [-0.2, -0.15) is 5.10 Å². The summed E-state index contributed by atoms with van der Waals surface area (Å²) in [5.41, 5.74) is 7.30. The highest BCUT2D eigenvalue weighted by atomic mass is 19.1. The smallest absolute Gasteiger partial charge is 0.125 e. The molecule has 8 nitrogen and oxygen atoms in total. The summed E-state index contributed by atoms with van der Waals surface area (Å²) in [5, 5.41) is 12.8. The zero-order valence-electron chi connectivity index (χ0n) is 20.5. The number of hydrogen-bond acceptors (Lipinski definition) is 6. The highest BCUT2D eigenvalue weighted by molar-refractivity contribution is 6.00. The summed E-state index contributed by atoms with van der Waals surface area (Å²) in [6.07, 6.45) is 7.02. The lowest BCUT2D eigenvalue weighted by Crippen LogP contribution is -2.20. The van der Waals surface area contributed by atoms with Crippen molar-refractivity contribution in [3.8, 4) is 33.9 Å². The SMILES string of the molecule is CN(C)CCNc1cc(F)cc(-c2nccc3[nH]c(-c4n[nH]c5cnc(-c6ccncc6)cc45)cc23)c1. The molecule has 0 fully saturated rings. The monoisotopic (exact) mass is 492 g/mol. The molecule has 0 aliphatic heterocycles. The van der Waals surface area contributed by atoms with Crippen LogP contribution in [0.15, 0.2) is 73.3 Å². The summed E-state index contributed by atoms with van der Waals surface area (Å²) in [6.45, 7) is 1.56. The Bertz CT molecular complexity index is 1700. The summed E-state index contributed by atoms with van der Waals surface area (Å²) in [7, 11) is 4.01. The van der Waals surface area contributed by atoms with Gasteiger partial charge < -0.3 is 15.2 Å². The highest BCUT2D eigenvalue weighted by Gasteiger charge is 2.16. The van der Waals surface area contributed by atoms with E-state index in [-0.39, 0.29) is 5.82 Å². The number of nitrogens with zero attached hydrogens (tertiary/aromatic N) is 5. The predicted molar refractivity (Wildman–Crippen MR) is 145 cm³/mol. The second kappa shape index (κ2) is 9.44. The van der Waals surface area contributed by atoms with Crippen LogP contribution < -0.4 is 5.32 Å². The Morgan fingerprint density at radius 2 is 1.70 bits per heavy atom. The van der Waals surface area contributed by atoms with Crippen LogP contribution in [0.25, 0.3) is 55.7 Å². The van der Waals surface area contributed by atoms with Gasteiger partial charge in [0.05, 0.1) is 28.8 Å². The van der Waals surface area contributed by atoms with Gasteiger partial charge in [-0.15, -0.1) is 0 Å². The normalized spacial score (nSPS) is 11.6. The van der Waals surface area contributed by atoms with E-state index in [4.69, 9.17) is 0 Å². The third-order valence-electron chi connectivity index (χ3n) is 6.29. The van der Waals surface area contributed by atoms with Crippen molar-refractivity contribution in [2.24, 2.45) is 0 Å². The van der Waals surface area contributed by atoms with Gasteiger partial charge in [-0.3, -0.25) is 20.1 Å². The van der Waals surface area contributed by atoms with E-state index in [0.29, 0.717) is 17.8 Å². The van der Waals surface area contributed by atoms with E-state index in [1.54, 1.807) is 24.8 Å². The molecular weight excluding hydrogens is 467 g/mol. The number of halogens is 1. The molecule has 0 saturated heterocycles. The summed E-state index contributed by atoms with van der Waals surface area (Å²) < 4.78 is 14.6. The van der Waals surface area contributed by atoms with E-state index in [1.165, 1.54) is 12.1 Å². The molecule has 0 radical (unpaired) electrons. The Morgan fingerprint density at radius 3 is 2.54 bits per heavy atom. The lowest BCUT2D eigenvalue weighted by Gasteiger charge is -2.12. The van der Waals surface area contributed by atoms with Crippen LogP contribution in [0.1, 0.15) is 0 Å². The lowest BCUT2D eigenvalue weighted by atomic mass is 10.1. The van der Waals surface area contributed by atoms with Crippen LogP contribution >= 0.6 is 0 Å². The third-order valence-corrected chi connectivity index (χ3v) is 6.29. The third kappa shape index (κ3) is 4.52. The van der Waals surface area contributed by atoms with Crippen molar-refractivity contribution in [1.29, 1.82) is 0 Å². The van der Waals surface area contributed by atoms with Crippen LogP contribution in [0, 0.1) is 5.82 Å². The van der Waals surface area contributed by atoms with E-state index in [2.05, 4.69) is 40.3 Å². The van der Waals surface area contributed by atoms with E-state index >= 15 is 0 Å². The van der Waals surface area contributed by atoms with Crippen LogP contribution in [-0.2, 0) is 0 Å². The number of aromatic nitrogens is 6. The fraction of sp³-hybridized carbons (Fsp3) is 0.143. The first-order valence-electron chi connectivity index (χ1n) is 12.0. The maximum atomic E-state index is 14.6. The topological polar surface area (TPSA) is 98.4 Å². The van der Waals surface area contributed by atoms with Crippen LogP contribution in [0.5, 0.6) is 0 Å². The number of pyridine rings is 3. The Morgan fingerprint density at radius 1 is 0.865 bits per heavy atom. The molecule has 0 aliphatic carbocycles. The second-order valence-electron chi connectivity index (χ2n) is 9.19. The average molecular weight is 493 g/mol. The Balaban J connectivity index is 1.41. The van der Waals surface area contributed by atoms with Gasteiger partial charge in [-0.1, -0.05) is 0 Å². The molecule has 3 N–H and O–H groups in total. The zero-order valence-corrected chi connectivity index (χ0v) is 20.5. The minimum absolute atomic E-state index is 0.311. The largest absolute Gasteiger partial charge is 0.384 e. The van der Waals surface area contributed by atoms with Gasteiger partial charge in [-0.05, 0) is 62.6 Å². The van der Waals surface area contributed by atoms with Gasteiger partial charge in [0.15, 0.2) is 0 Å². The number of fused-ring (bicyclic) bond motifs is 2. The highest BCUT2D eigenvalue weighted by Crippen LogP contribution is 2.34. The fourth-order valence-corrected chi connectivity index (χ4v) is 4.47. The van der Waals surface area contributed by atoms with Gasteiger partial charge in [-0.25, -0.2) is 4.39 Å². The van der Waals surface area contributed by atoms with Gasteiger partial charge >= 0.3 is 0 Å². The molecule has 1 aromatic carbocycles. The van der Waals surface area contributed by atoms with Gasteiger partial charge in [0, 0.05) is 64.8 Å². The molecule has 184 valence electrons. The molecule has 0 unspecified atom stereocenters. The molecule has 0 bridgehead atoms. The molecule has 0 spiro atoms. The first-order valence-corrected chi connectivity index (χ1v) is 12.0. The summed E-state index contributed by atoms with van der Waals surface area (Å²) >= 11 is 0. The van der Waals surface area contributed by atoms with Gasteiger partial charge in [0.2, 0.25) is 0 Å². The summed E-state index contributed by atoms with van der Waals surface area (Å²) in [6, 6.07) is 14.8. The van der Waals surface area contributed by atoms with Crippen molar-refractivity contribution >= 4 is 27.5 Å². The molecule has 5 aromatic heterocycles. The molecule has 0 amide bonds. The molecule has 6 rings (SSSR count). The van der Waals surface area contributed by atoms with E-state index < -0.39 is 0 Å². The molecule has 0 aliphatic rings. The Hall–Kier alpha value is -4.63. The van der Waals surface area contributed by atoms with Crippen molar-refractivity contribution in [3.63, 3.8) is 0 Å². The van der Waals surface area contributed by atoms with Crippen molar-refractivity contribution in [2.75, 3.05) is 32.5 Å². The lowest BCUT2D eigenvalue weighted by molar-refractivity contribution is 0.425. The Kier molecular flexibility index (Phi) is 5.82. The van der Waals surface area contributed by atoms with Crippen molar-refractivity contribution < 1.29 is 4.39 Å². The number of aromatic amines is 2. The maximum Gasteiger partial charge on any atom is 0.125 e. The standard InChI is InChI=1S/C28H25FN8/c1-37(2)10-9-31-20-12-18(11-19(29)13-20)27-21-15-25(34-23(21)5-8-32-27)28-22-14-24(17-3-6-30-7-4-17)33-16-26(22)35-36-28/h3-8,11-16,31,34H,9-10H2,1-2H3,(H,35,36). The minimum atomic E-state index is -0.311. The molecule has 37 heavy (non-hydrogen) atoms. The summed E-state index contributed by atoms with van der Waals surface area (Å²) in [4.78, 5) is 18.8. The number of H-pyrrole nitrogens is 2. The molecule has 0 atom stereocenters. The fourth-order valence-electron chi connectivity index (χ4n) is 4.47. The van der Waals surface area contributed by atoms with E-state index in [0.717, 1.165) is 56.7 Å². The second-order valence-corrected chi connectivity index (χ2v) is 9.19. The van der Waals surface area contributed by atoms with Crippen molar-refractivity contribution in [2.45, 2.75) is 0 Å². The molecular formula is C28H25FN8. The van der Waals surface area contributed by atoms with Crippen LogP contribution in [0.3, 0.4) is 0 Å². The van der Waals surface area contributed by atoms with Crippen molar-refractivity contribution in [1.82, 2.24) is 35.0 Å². The first kappa shape index (κ1) is 22.8. The Labute approximate surface area is 212 Å². The first-order chi connectivity index (χ1) is 18.0. The van der Waals surface area contributed by atoms with Gasteiger partial charge in [0.1, 0.15) is 11.5 Å². The number of nitrogens with one attached hydrogen (secondary N) is 3. The molecule has 6 aromatic rings. The number of rotatable bonds is 7. The van der Waals surface area contributed by atoms with Gasteiger partial charge in [0.25, 0.3) is 0 Å². The molecule has 9 heteroatoms. The predicted octanol–water partition coefficient (Wildman–Crippen LogP) is 5.34. The summed E-state index contributed by atoms with van der Waals surface area (Å²) in [5.74, 6) is -0.311. The zero-order chi connectivity index (χ0) is 25.4.